The van der Waals surface area contributed by atoms with Crippen LogP contribution in [0, 0.1) is 12.8 Å². The minimum atomic E-state index is -0.257. The molecule has 2 amide bonds. The van der Waals surface area contributed by atoms with Gasteiger partial charge in [-0.25, -0.2) is 5.01 Å². The van der Waals surface area contributed by atoms with Gasteiger partial charge in [-0.3, -0.25) is 14.5 Å². The van der Waals surface area contributed by atoms with E-state index in [1.165, 1.54) is 0 Å². The third kappa shape index (κ3) is 4.92. The molecule has 34 heavy (non-hydrogen) atoms. The van der Waals surface area contributed by atoms with Crippen molar-refractivity contribution in [3.05, 3.63) is 59.2 Å². The first-order valence-corrected chi connectivity index (χ1v) is 11.6. The Labute approximate surface area is 200 Å². The number of ether oxygens (including phenoxy) is 2. The van der Waals surface area contributed by atoms with Crippen molar-refractivity contribution in [3.63, 3.8) is 0 Å². The van der Waals surface area contributed by atoms with Crippen LogP contribution in [-0.2, 0) is 9.59 Å². The largest absolute Gasteiger partial charge is 0.497 e. The lowest BCUT2D eigenvalue weighted by Gasteiger charge is -2.31. The van der Waals surface area contributed by atoms with Crippen LogP contribution in [0.2, 0.25) is 0 Å². The van der Waals surface area contributed by atoms with E-state index in [-0.39, 0.29) is 30.3 Å². The van der Waals surface area contributed by atoms with E-state index in [1.54, 1.807) is 19.2 Å². The molecule has 2 aromatic carbocycles. The number of rotatable bonds is 7. The fourth-order valence-electron chi connectivity index (χ4n) is 4.78. The zero-order valence-corrected chi connectivity index (χ0v) is 20.0. The molecule has 2 heterocycles. The predicted octanol–water partition coefficient (Wildman–Crippen LogP) is 2.89. The molecule has 0 unspecified atom stereocenters. The highest BCUT2D eigenvalue weighted by atomic mass is 16.5. The van der Waals surface area contributed by atoms with Gasteiger partial charge < -0.3 is 15.2 Å². The fraction of sp³-hybridized carbons (Fsp3) is 0.423. The molecule has 0 bridgehead atoms. The van der Waals surface area contributed by atoms with Crippen LogP contribution < -0.4 is 15.2 Å². The number of carbonyl (C=O) groups is 2. The SMILES string of the molecule is COc1ccc(C2=NN(C(=O)CN3CCC(C(N)=O)CC3)[C@@H](c3ccccc3C)C2)c(OC)c1. The molecule has 8 nitrogen and oxygen atoms in total. The van der Waals surface area contributed by atoms with E-state index in [2.05, 4.69) is 24.0 Å². The van der Waals surface area contributed by atoms with Crippen LogP contribution in [0.3, 0.4) is 0 Å². The lowest BCUT2D eigenvalue weighted by atomic mass is 9.94. The predicted molar refractivity (Wildman–Crippen MR) is 130 cm³/mol. The minimum Gasteiger partial charge on any atom is -0.497 e. The standard InChI is InChI=1S/C26H32N4O4/c1-17-6-4-5-7-20(17)23-15-22(21-9-8-19(33-2)14-24(21)34-3)28-30(23)25(31)16-29-12-10-18(11-13-29)26(27)32/h4-9,14,18,23H,10-13,15-16H2,1-3H3,(H2,27,32)/t23-/m1/s1. The number of nitrogens with zero attached hydrogens (tertiary/aromatic N) is 3. The van der Waals surface area contributed by atoms with Crippen molar-refractivity contribution in [1.82, 2.24) is 9.91 Å². The minimum absolute atomic E-state index is 0.0618. The number of nitrogens with two attached hydrogens (primary N) is 1. The molecule has 1 fully saturated rings. The zero-order chi connectivity index (χ0) is 24.2. The molecule has 180 valence electrons. The van der Waals surface area contributed by atoms with E-state index in [0.717, 1.165) is 22.4 Å². The zero-order valence-electron chi connectivity index (χ0n) is 20.0. The summed E-state index contributed by atoms with van der Waals surface area (Å²) >= 11 is 0. The number of methoxy groups -OCH3 is 2. The van der Waals surface area contributed by atoms with Crippen molar-refractivity contribution >= 4 is 17.5 Å². The third-order valence-corrected chi connectivity index (χ3v) is 6.78. The molecule has 0 saturated carbocycles. The molecular weight excluding hydrogens is 432 g/mol. The van der Waals surface area contributed by atoms with Crippen molar-refractivity contribution in [3.8, 4) is 11.5 Å². The Kier molecular flexibility index (Phi) is 7.17. The van der Waals surface area contributed by atoms with Crippen LogP contribution >= 0.6 is 0 Å². The molecule has 2 aliphatic rings. The molecule has 2 aliphatic heterocycles. The van der Waals surface area contributed by atoms with E-state index in [4.69, 9.17) is 20.3 Å². The summed E-state index contributed by atoms with van der Waals surface area (Å²) in [4.78, 5) is 27.1. The highest BCUT2D eigenvalue weighted by Crippen LogP contribution is 2.37. The molecule has 0 aliphatic carbocycles. The fourth-order valence-corrected chi connectivity index (χ4v) is 4.78. The van der Waals surface area contributed by atoms with Gasteiger partial charge in [-0.15, -0.1) is 0 Å². The quantitative estimate of drug-likeness (QED) is 0.680. The number of primary amides is 1. The Hall–Kier alpha value is -3.39. The van der Waals surface area contributed by atoms with Gasteiger partial charge in [0.05, 0.1) is 32.5 Å². The maximum Gasteiger partial charge on any atom is 0.257 e. The average Bonchev–Trinajstić information content (AvgIpc) is 3.29. The van der Waals surface area contributed by atoms with Gasteiger partial charge in [-0.05, 0) is 56.1 Å². The first-order valence-electron chi connectivity index (χ1n) is 11.6. The van der Waals surface area contributed by atoms with E-state index >= 15 is 0 Å². The van der Waals surface area contributed by atoms with Crippen LogP contribution in [0.25, 0.3) is 0 Å². The molecule has 8 heteroatoms. The van der Waals surface area contributed by atoms with Gasteiger partial charge in [0.15, 0.2) is 0 Å². The summed E-state index contributed by atoms with van der Waals surface area (Å²) < 4.78 is 10.9. The van der Waals surface area contributed by atoms with Gasteiger partial charge in [0.25, 0.3) is 5.91 Å². The van der Waals surface area contributed by atoms with Crippen molar-refractivity contribution < 1.29 is 19.1 Å². The number of likely N-dealkylation sites (tertiary alicyclic amines) is 1. The van der Waals surface area contributed by atoms with Crippen molar-refractivity contribution in [1.29, 1.82) is 0 Å². The molecule has 0 spiro atoms. The summed E-state index contributed by atoms with van der Waals surface area (Å²) in [7, 11) is 3.23. The normalized spacial score (nSPS) is 19.1. The first-order chi connectivity index (χ1) is 16.4. The Morgan fingerprint density at radius 3 is 2.47 bits per heavy atom. The number of carbonyl (C=O) groups excluding carboxylic acids is 2. The highest BCUT2D eigenvalue weighted by molar-refractivity contribution is 6.05. The van der Waals surface area contributed by atoms with Crippen LogP contribution in [0.4, 0.5) is 0 Å². The maximum absolute atomic E-state index is 13.5. The van der Waals surface area contributed by atoms with Gasteiger partial charge in [0, 0.05) is 24.0 Å². The molecule has 1 atom stereocenters. The van der Waals surface area contributed by atoms with Gasteiger partial charge in [0.2, 0.25) is 5.91 Å². The summed E-state index contributed by atoms with van der Waals surface area (Å²) in [6.07, 6.45) is 1.95. The average molecular weight is 465 g/mol. The molecule has 0 radical (unpaired) electrons. The van der Waals surface area contributed by atoms with Gasteiger partial charge in [-0.2, -0.15) is 5.10 Å². The Morgan fingerprint density at radius 1 is 1.09 bits per heavy atom. The second-order valence-corrected chi connectivity index (χ2v) is 8.88. The van der Waals surface area contributed by atoms with Crippen LogP contribution in [0.15, 0.2) is 47.6 Å². The van der Waals surface area contributed by atoms with Crippen LogP contribution in [0.1, 0.15) is 42.0 Å². The van der Waals surface area contributed by atoms with Crippen LogP contribution in [-0.4, -0.2) is 61.3 Å². The molecule has 0 aromatic heterocycles. The second kappa shape index (κ2) is 10.3. The van der Waals surface area contributed by atoms with Crippen molar-refractivity contribution in [2.75, 3.05) is 33.9 Å². The third-order valence-electron chi connectivity index (χ3n) is 6.78. The lowest BCUT2D eigenvalue weighted by molar-refractivity contribution is -0.134. The molecule has 2 N–H and O–H groups in total. The van der Waals surface area contributed by atoms with Crippen molar-refractivity contribution in [2.45, 2.75) is 32.2 Å². The lowest BCUT2D eigenvalue weighted by Crippen LogP contribution is -2.44. The summed E-state index contributed by atoms with van der Waals surface area (Å²) in [5.41, 5.74) is 9.30. The number of amides is 2. The smallest absolute Gasteiger partial charge is 0.257 e. The van der Waals surface area contributed by atoms with Gasteiger partial charge >= 0.3 is 0 Å². The number of benzene rings is 2. The number of piperidine rings is 1. The van der Waals surface area contributed by atoms with E-state index in [0.29, 0.717) is 43.9 Å². The topological polar surface area (TPSA) is 97.5 Å². The Balaban J connectivity index is 1.60. The van der Waals surface area contributed by atoms with Crippen LogP contribution in [0.5, 0.6) is 11.5 Å². The van der Waals surface area contributed by atoms with E-state index in [9.17, 15) is 9.59 Å². The summed E-state index contributed by atoms with van der Waals surface area (Å²) in [5, 5.41) is 6.44. The summed E-state index contributed by atoms with van der Waals surface area (Å²) in [6, 6.07) is 13.5. The molecule has 1 saturated heterocycles. The van der Waals surface area contributed by atoms with Gasteiger partial charge in [0.1, 0.15) is 11.5 Å². The molecule has 2 aromatic rings. The van der Waals surface area contributed by atoms with E-state index < -0.39 is 0 Å². The second-order valence-electron chi connectivity index (χ2n) is 8.88. The Bertz CT molecular complexity index is 1090. The summed E-state index contributed by atoms with van der Waals surface area (Å²) in [6.45, 7) is 3.65. The number of hydrogen-bond donors (Lipinski definition) is 1. The highest BCUT2D eigenvalue weighted by Gasteiger charge is 2.36. The summed E-state index contributed by atoms with van der Waals surface area (Å²) in [5.74, 6) is 0.928. The van der Waals surface area contributed by atoms with Gasteiger partial charge in [-0.1, -0.05) is 24.3 Å². The number of aryl methyl sites for hydroxylation is 1. The monoisotopic (exact) mass is 464 g/mol. The molecular formula is C26H32N4O4. The number of hydrogen-bond acceptors (Lipinski definition) is 6. The van der Waals surface area contributed by atoms with Crippen molar-refractivity contribution in [2.24, 2.45) is 16.8 Å². The Morgan fingerprint density at radius 2 is 1.82 bits per heavy atom. The molecule has 4 rings (SSSR count). The van der Waals surface area contributed by atoms with E-state index in [1.807, 2.05) is 30.3 Å². The maximum atomic E-state index is 13.5. The first kappa shape index (κ1) is 23.8. The number of hydrazone groups is 1.